The summed E-state index contributed by atoms with van der Waals surface area (Å²) < 4.78 is 5.33. The summed E-state index contributed by atoms with van der Waals surface area (Å²) in [4.78, 5) is 14.7. The van der Waals surface area contributed by atoms with Gasteiger partial charge in [-0.3, -0.25) is 4.79 Å². The van der Waals surface area contributed by atoms with Gasteiger partial charge in [-0.1, -0.05) is 23.7 Å². The van der Waals surface area contributed by atoms with Crippen LogP contribution in [-0.4, -0.2) is 24.7 Å². The molecule has 132 valence electrons. The molecular formula is C20H22ClNO3. The fourth-order valence-electron chi connectivity index (χ4n) is 3.19. The number of anilines is 1. The Labute approximate surface area is 153 Å². The maximum Gasteiger partial charge on any atom is 0.227 e. The van der Waals surface area contributed by atoms with E-state index in [0.717, 1.165) is 42.8 Å². The number of hydrogen-bond acceptors (Lipinski definition) is 3. The average Bonchev–Trinajstić information content (AvgIpc) is 2.84. The smallest absolute Gasteiger partial charge is 0.227 e. The first-order valence-corrected chi connectivity index (χ1v) is 8.91. The third-order valence-electron chi connectivity index (χ3n) is 4.60. The molecular weight excluding hydrogens is 338 g/mol. The number of fused-ring (bicyclic) bond motifs is 1. The van der Waals surface area contributed by atoms with Crippen molar-refractivity contribution in [2.45, 2.75) is 32.1 Å². The molecule has 0 aromatic heterocycles. The van der Waals surface area contributed by atoms with Crippen LogP contribution in [-0.2, 0) is 17.6 Å². The molecule has 1 heterocycles. The molecule has 1 N–H and O–H groups in total. The molecule has 25 heavy (non-hydrogen) atoms. The Bertz CT molecular complexity index is 776. The number of phenols is 1. The van der Waals surface area contributed by atoms with Crippen LogP contribution in [0, 0.1) is 0 Å². The van der Waals surface area contributed by atoms with Crippen LogP contribution in [0.5, 0.6) is 11.5 Å². The lowest BCUT2D eigenvalue weighted by molar-refractivity contribution is -0.118. The summed E-state index contributed by atoms with van der Waals surface area (Å²) in [7, 11) is 1.64. The summed E-state index contributed by atoms with van der Waals surface area (Å²) in [5.74, 6) is 0.926. The summed E-state index contributed by atoms with van der Waals surface area (Å²) >= 11 is 5.94. The van der Waals surface area contributed by atoms with Crippen molar-refractivity contribution in [3.8, 4) is 11.5 Å². The normalized spacial score (nSPS) is 13.9. The minimum absolute atomic E-state index is 0.0604. The van der Waals surface area contributed by atoms with Gasteiger partial charge in [-0.15, -0.1) is 0 Å². The fourth-order valence-corrected chi connectivity index (χ4v) is 3.39. The second-order valence-corrected chi connectivity index (χ2v) is 6.69. The minimum atomic E-state index is 0.0604. The Morgan fingerprint density at radius 2 is 2.08 bits per heavy atom. The van der Waals surface area contributed by atoms with E-state index in [2.05, 4.69) is 6.07 Å². The number of aryl methyl sites for hydroxylation is 2. The van der Waals surface area contributed by atoms with E-state index >= 15 is 0 Å². The van der Waals surface area contributed by atoms with Crippen LogP contribution in [0.25, 0.3) is 0 Å². The van der Waals surface area contributed by atoms with E-state index in [1.165, 1.54) is 5.56 Å². The van der Waals surface area contributed by atoms with Crippen molar-refractivity contribution in [2.75, 3.05) is 18.6 Å². The van der Waals surface area contributed by atoms with E-state index in [0.29, 0.717) is 17.9 Å². The molecule has 0 spiro atoms. The maximum atomic E-state index is 12.8. The molecule has 0 unspecified atom stereocenters. The van der Waals surface area contributed by atoms with Crippen molar-refractivity contribution < 1.29 is 14.6 Å². The largest absolute Gasteiger partial charge is 0.506 e. The van der Waals surface area contributed by atoms with Gasteiger partial charge in [0, 0.05) is 19.0 Å². The van der Waals surface area contributed by atoms with Gasteiger partial charge in [-0.05, 0) is 55.0 Å². The second-order valence-electron chi connectivity index (χ2n) is 6.28. The van der Waals surface area contributed by atoms with E-state index in [1.54, 1.807) is 25.3 Å². The van der Waals surface area contributed by atoms with Gasteiger partial charge in [-0.2, -0.15) is 0 Å². The van der Waals surface area contributed by atoms with Crippen LogP contribution >= 0.6 is 11.6 Å². The number of benzene rings is 2. The molecule has 0 bridgehead atoms. The quantitative estimate of drug-likeness (QED) is 0.882. The van der Waals surface area contributed by atoms with Gasteiger partial charge >= 0.3 is 0 Å². The molecule has 1 aliphatic heterocycles. The number of rotatable bonds is 4. The zero-order valence-corrected chi connectivity index (χ0v) is 15.1. The Morgan fingerprint density at radius 3 is 2.84 bits per heavy atom. The number of carbonyl (C=O) groups is 1. The number of phenolic OH excluding ortho intramolecular Hbond substituents is 1. The SMILES string of the molecule is COc1ccc2c(c1)N(C(=O)CCc1ccc(O)c(Cl)c1)CCCC2. The van der Waals surface area contributed by atoms with E-state index in [4.69, 9.17) is 16.3 Å². The molecule has 5 heteroatoms. The molecule has 0 radical (unpaired) electrons. The van der Waals surface area contributed by atoms with E-state index in [9.17, 15) is 9.90 Å². The van der Waals surface area contributed by atoms with Crippen molar-refractivity contribution in [3.63, 3.8) is 0 Å². The first-order valence-electron chi connectivity index (χ1n) is 8.53. The number of hydrogen-bond donors (Lipinski definition) is 1. The third-order valence-corrected chi connectivity index (χ3v) is 4.90. The molecule has 1 aliphatic rings. The van der Waals surface area contributed by atoms with Gasteiger partial charge in [0.1, 0.15) is 11.5 Å². The number of amides is 1. The van der Waals surface area contributed by atoms with Gasteiger partial charge in [0.05, 0.1) is 17.8 Å². The van der Waals surface area contributed by atoms with Gasteiger partial charge in [0.2, 0.25) is 5.91 Å². The standard InChI is InChI=1S/C20H22ClNO3/c1-25-16-8-7-15-4-2-3-11-22(18(15)13-16)20(24)10-6-14-5-9-19(23)17(21)12-14/h5,7-9,12-13,23H,2-4,6,10-11H2,1H3. The summed E-state index contributed by atoms with van der Waals surface area (Å²) in [6.45, 7) is 0.731. The highest BCUT2D eigenvalue weighted by atomic mass is 35.5. The Kier molecular flexibility index (Phi) is 5.49. The number of methoxy groups -OCH3 is 1. The van der Waals surface area contributed by atoms with Crippen molar-refractivity contribution in [2.24, 2.45) is 0 Å². The zero-order valence-electron chi connectivity index (χ0n) is 14.3. The predicted octanol–water partition coefficient (Wildman–Crippen LogP) is 4.36. The fraction of sp³-hybridized carbons (Fsp3) is 0.350. The first kappa shape index (κ1) is 17.6. The number of carbonyl (C=O) groups excluding carboxylic acids is 1. The van der Waals surface area contributed by atoms with Crippen molar-refractivity contribution in [1.29, 1.82) is 0 Å². The van der Waals surface area contributed by atoms with Gasteiger partial charge in [0.15, 0.2) is 0 Å². The molecule has 0 atom stereocenters. The monoisotopic (exact) mass is 359 g/mol. The number of nitrogens with zero attached hydrogens (tertiary/aromatic N) is 1. The number of ether oxygens (including phenoxy) is 1. The average molecular weight is 360 g/mol. The van der Waals surface area contributed by atoms with Crippen molar-refractivity contribution in [3.05, 3.63) is 52.5 Å². The van der Waals surface area contributed by atoms with Crippen LogP contribution in [0.3, 0.4) is 0 Å². The van der Waals surface area contributed by atoms with Gasteiger partial charge in [-0.25, -0.2) is 0 Å². The predicted molar refractivity (Wildman–Crippen MR) is 99.7 cm³/mol. The summed E-state index contributed by atoms with van der Waals surface area (Å²) in [6, 6.07) is 11.0. The lowest BCUT2D eigenvalue weighted by Crippen LogP contribution is -2.32. The highest BCUT2D eigenvalue weighted by Crippen LogP contribution is 2.31. The van der Waals surface area contributed by atoms with Crippen LogP contribution in [0.15, 0.2) is 36.4 Å². The van der Waals surface area contributed by atoms with Gasteiger partial charge in [0.25, 0.3) is 0 Å². The lowest BCUT2D eigenvalue weighted by atomic mass is 10.1. The summed E-state index contributed by atoms with van der Waals surface area (Å²) in [5.41, 5.74) is 3.10. The molecule has 0 saturated heterocycles. The highest BCUT2D eigenvalue weighted by molar-refractivity contribution is 6.32. The van der Waals surface area contributed by atoms with E-state index in [1.807, 2.05) is 17.0 Å². The van der Waals surface area contributed by atoms with Crippen LogP contribution in [0.1, 0.15) is 30.4 Å². The highest BCUT2D eigenvalue weighted by Gasteiger charge is 2.21. The Balaban J connectivity index is 1.76. The summed E-state index contributed by atoms with van der Waals surface area (Å²) in [5, 5.41) is 9.81. The van der Waals surface area contributed by atoms with Gasteiger partial charge < -0.3 is 14.7 Å². The third kappa shape index (κ3) is 4.07. The second kappa shape index (κ2) is 7.79. The topological polar surface area (TPSA) is 49.8 Å². The molecule has 2 aromatic rings. The molecule has 0 fully saturated rings. The minimum Gasteiger partial charge on any atom is -0.506 e. The molecule has 0 aliphatic carbocycles. The number of aromatic hydroxyl groups is 1. The number of halogens is 1. The van der Waals surface area contributed by atoms with E-state index in [-0.39, 0.29) is 11.7 Å². The molecule has 4 nitrogen and oxygen atoms in total. The molecule has 1 amide bonds. The van der Waals surface area contributed by atoms with Crippen LogP contribution in [0.4, 0.5) is 5.69 Å². The van der Waals surface area contributed by atoms with E-state index < -0.39 is 0 Å². The molecule has 2 aromatic carbocycles. The zero-order chi connectivity index (χ0) is 17.8. The summed E-state index contributed by atoms with van der Waals surface area (Å²) in [6.07, 6.45) is 4.05. The first-order chi connectivity index (χ1) is 12.1. The molecule has 3 rings (SSSR count). The van der Waals surface area contributed by atoms with Crippen LogP contribution < -0.4 is 9.64 Å². The Hall–Kier alpha value is -2.20. The maximum absolute atomic E-state index is 12.8. The van der Waals surface area contributed by atoms with Crippen LogP contribution in [0.2, 0.25) is 5.02 Å². The van der Waals surface area contributed by atoms with Crippen molar-refractivity contribution >= 4 is 23.2 Å². The Morgan fingerprint density at radius 1 is 1.24 bits per heavy atom. The molecule has 0 saturated carbocycles. The lowest BCUT2D eigenvalue weighted by Gasteiger charge is -2.23. The van der Waals surface area contributed by atoms with Crippen molar-refractivity contribution in [1.82, 2.24) is 0 Å².